The summed E-state index contributed by atoms with van der Waals surface area (Å²) in [5, 5.41) is 11.3. The van der Waals surface area contributed by atoms with Gasteiger partial charge in [0.1, 0.15) is 0 Å². The van der Waals surface area contributed by atoms with E-state index in [2.05, 4.69) is 29.8 Å². The highest BCUT2D eigenvalue weighted by molar-refractivity contribution is 9.10. The summed E-state index contributed by atoms with van der Waals surface area (Å²) in [4.78, 5) is 23.7. The van der Waals surface area contributed by atoms with Crippen molar-refractivity contribution < 1.29 is 9.72 Å². The van der Waals surface area contributed by atoms with Crippen molar-refractivity contribution in [1.29, 1.82) is 0 Å². The summed E-state index contributed by atoms with van der Waals surface area (Å²) in [5.41, 5.74) is 3.99. The van der Waals surface area contributed by atoms with E-state index in [1.54, 1.807) is 12.1 Å². The number of aromatic nitrogens is 1. The number of hydrogen-bond acceptors (Lipinski definition) is 3. The molecule has 5 nitrogen and oxygen atoms in total. The van der Waals surface area contributed by atoms with Gasteiger partial charge in [0, 0.05) is 34.3 Å². The molecule has 0 N–H and O–H groups in total. The summed E-state index contributed by atoms with van der Waals surface area (Å²) in [5.74, 6) is 0.117. The van der Waals surface area contributed by atoms with Gasteiger partial charge in [0.05, 0.1) is 16.3 Å². The van der Waals surface area contributed by atoms with Crippen molar-refractivity contribution in [1.82, 2.24) is 4.57 Å². The maximum absolute atomic E-state index is 12.8. The molecule has 0 fully saturated rings. The Hall–Kier alpha value is -2.73. The summed E-state index contributed by atoms with van der Waals surface area (Å²) >= 11 is 3.51. The van der Waals surface area contributed by atoms with Gasteiger partial charge in [0.15, 0.2) is 5.78 Å². The number of carbonyl (C=O) groups excluding carboxylic acids is 1. The Bertz CT molecular complexity index is 1110. The lowest BCUT2D eigenvalue weighted by Gasteiger charge is -2.30. The van der Waals surface area contributed by atoms with Crippen LogP contribution in [-0.2, 0) is 6.42 Å². The fourth-order valence-electron chi connectivity index (χ4n) is 3.91. The van der Waals surface area contributed by atoms with E-state index in [1.807, 2.05) is 41.0 Å². The largest absolute Gasteiger partial charge is 0.313 e. The van der Waals surface area contributed by atoms with Crippen LogP contribution < -0.4 is 0 Å². The molecule has 0 saturated carbocycles. The van der Waals surface area contributed by atoms with Crippen LogP contribution in [0.15, 0.2) is 59.1 Å². The second kappa shape index (κ2) is 6.71. The first-order chi connectivity index (χ1) is 13.2. The van der Waals surface area contributed by atoms with Gasteiger partial charge in [-0.15, -0.1) is 0 Å². The Balaban J connectivity index is 2.01. The fraction of sp³-hybridized carbons (Fsp3) is 0.227. The number of halogens is 1. The van der Waals surface area contributed by atoms with Crippen LogP contribution in [-0.4, -0.2) is 15.3 Å². The van der Waals surface area contributed by atoms with Gasteiger partial charge in [0.2, 0.25) is 0 Å². The van der Waals surface area contributed by atoms with Crippen molar-refractivity contribution in [2.45, 2.75) is 26.7 Å². The third-order valence-corrected chi connectivity index (χ3v) is 5.60. The summed E-state index contributed by atoms with van der Waals surface area (Å²) in [7, 11) is 0. The van der Waals surface area contributed by atoms with Crippen molar-refractivity contribution in [3.05, 3.63) is 80.4 Å². The Morgan fingerprint density at radius 1 is 1.07 bits per heavy atom. The highest BCUT2D eigenvalue weighted by Gasteiger charge is 2.35. The lowest BCUT2D eigenvalue weighted by Crippen LogP contribution is -2.27. The maximum Gasteiger partial charge on any atom is 0.271 e. The van der Waals surface area contributed by atoms with Gasteiger partial charge in [0.25, 0.3) is 5.69 Å². The molecule has 0 saturated heterocycles. The Morgan fingerprint density at radius 2 is 1.82 bits per heavy atom. The normalized spacial score (nSPS) is 15.3. The van der Waals surface area contributed by atoms with Crippen molar-refractivity contribution in [3.63, 3.8) is 0 Å². The number of carbonyl (C=O) groups is 1. The van der Waals surface area contributed by atoms with E-state index in [1.165, 1.54) is 6.07 Å². The molecule has 0 atom stereocenters. The molecule has 0 amide bonds. The van der Waals surface area contributed by atoms with Gasteiger partial charge in [-0.1, -0.05) is 48.0 Å². The number of rotatable bonds is 3. The van der Waals surface area contributed by atoms with Crippen molar-refractivity contribution in [3.8, 4) is 16.9 Å². The predicted molar refractivity (Wildman–Crippen MR) is 112 cm³/mol. The van der Waals surface area contributed by atoms with Gasteiger partial charge in [-0.25, -0.2) is 0 Å². The van der Waals surface area contributed by atoms with Gasteiger partial charge >= 0.3 is 0 Å². The number of ketones is 1. The third-order valence-electron chi connectivity index (χ3n) is 5.11. The molecule has 28 heavy (non-hydrogen) atoms. The average molecular weight is 439 g/mol. The van der Waals surface area contributed by atoms with Crippen LogP contribution in [0.1, 0.15) is 36.3 Å². The predicted octanol–water partition coefficient (Wildman–Crippen LogP) is 5.97. The number of hydrogen-bond donors (Lipinski definition) is 0. The average Bonchev–Trinajstić information content (AvgIpc) is 3.00. The van der Waals surface area contributed by atoms with Gasteiger partial charge in [-0.3, -0.25) is 14.9 Å². The standard InChI is InChI=1S/C22H19BrN2O3/c1-22(2)12-20-18(21(26)13-22)11-19(14-5-3-6-15(23)9-14)24(20)16-7-4-8-17(10-16)25(27)28/h3-11H,12-13H2,1-2H3. The molecule has 1 aliphatic rings. The topological polar surface area (TPSA) is 65.1 Å². The molecule has 4 rings (SSSR count). The van der Waals surface area contributed by atoms with E-state index < -0.39 is 4.92 Å². The van der Waals surface area contributed by atoms with Gasteiger partial charge in [-0.05, 0) is 41.7 Å². The monoisotopic (exact) mass is 438 g/mol. The van der Waals surface area contributed by atoms with Crippen LogP contribution in [0.4, 0.5) is 5.69 Å². The summed E-state index contributed by atoms with van der Waals surface area (Å²) in [6.45, 7) is 4.16. The van der Waals surface area contributed by atoms with E-state index in [-0.39, 0.29) is 16.9 Å². The second-order valence-corrected chi connectivity index (χ2v) is 8.87. The minimum absolute atomic E-state index is 0.0292. The number of fused-ring (bicyclic) bond motifs is 1. The van der Waals surface area contributed by atoms with E-state index in [4.69, 9.17) is 0 Å². The van der Waals surface area contributed by atoms with Crippen molar-refractivity contribution in [2.75, 3.05) is 0 Å². The van der Waals surface area contributed by atoms with Crippen LogP contribution in [0.25, 0.3) is 16.9 Å². The van der Waals surface area contributed by atoms with Crippen LogP contribution >= 0.6 is 15.9 Å². The molecule has 142 valence electrons. The van der Waals surface area contributed by atoms with E-state index in [0.29, 0.717) is 17.7 Å². The van der Waals surface area contributed by atoms with E-state index >= 15 is 0 Å². The molecule has 6 heteroatoms. The zero-order chi connectivity index (χ0) is 20.1. The highest BCUT2D eigenvalue weighted by atomic mass is 79.9. The number of benzene rings is 2. The molecular formula is C22H19BrN2O3. The quantitative estimate of drug-likeness (QED) is 0.373. The molecule has 2 aromatic carbocycles. The fourth-order valence-corrected chi connectivity index (χ4v) is 4.31. The first kappa shape index (κ1) is 18.6. The molecule has 1 aliphatic carbocycles. The molecule has 3 aromatic rings. The molecule has 0 aliphatic heterocycles. The number of nitro benzene ring substituents is 1. The maximum atomic E-state index is 12.8. The summed E-state index contributed by atoms with van der Waals surface area (Å²) < 4.78 is 2.93. The van der Waals surface area contributed by atoms with Crippen LogP contribution in [0, 0.1) is 15.5 Å². The van der Waals surface area contributed by atoms with E-state index in [0.717, 1.165) is 27.8 Å². The van der Waals surface area contributed by atoms with Gasteiger partial charge < -0.3 is 4.57 Å². The van der Waals surface area contributed by atoms with Crippen molar-refractivity contribution >= 4 is 27.4 Å². The third kappa shape index (κ3) is 3.29. The highest BCUT2D eigenvalue weighted by Crippen LogP contribution is 2.40. The number of Topliss-reactive ketones (excluding diaryl/α,β-unsaturated/α-hetero) is 1. The Morgan fingerprint density at radius 3 is 2.54 bits per heavy atom. The number of non-ortho nitro benzene ring substituents is 1. The van der Waals surface area contributed by atoms with Gasteiger partial charge in [-0.2, -0.15) is 0 Å². The van der Waals surface area contributed by atoms with Crippen LogP contribution in [0.5, 0.6) is 0 Å². The lowest BCUT2D eigenvalue weighted by molar-refractivity contribution is -0.384. The molecule has 0 bridgehead atoms. The first-order valence-corrected chi connectivity index (χ1v) is 9.83. The first-order valence-electron chi connectivity index (χ1n) is 9.04. The zero-order valence-corrected chi connectivity index (χ0v) is 17.2. The molecular weight excluding hydrogens is 420 g/mol. The Labute approximate surface area is 171 Å². The summed E-state index contributed by atoms with van der Waals surface area (Å²) in [6, 6.07) is 16.3. The molecule has 1 heterocycles. The molecule has 0 radical (unpaired) electrons. The minimum atomic E-state index is -0.396. The minimum Gasteiger partial charge on any atom is -0.313 e. The second-order valence-electron chi connectivity index (χ2n) is 7.95. The zero-order valence-electron chi connectivity index (χ0n) is 15.6. The number of nitro groups is 1. The van der Waals surface area contributed by atoms with Crippen molar-refractivity contribution in [2.24, 2.45) is 5.41 Å². The molecule has 0 spiro atoms. The molecule has 1 aromatic heterocycles. The molecule has 0 unspecified atom stereocenters. The van der Waals surface area contributed by atoms with Crippen LogP contribution in [0.2, 0.25) is 0 Å². The SMILES string of the molecule is CC1(C)CC(=O)c2cc(-c3cccc(Br)c3)n(-c3cccc([N+](=O)[O-])c3)c2C1. The lowest BCUT2D eigenvalue weighted by atomic mass is 9.76. The Kier molecular flexibility index (Phi) is 4.46. The summed E-state index contributed by atoms with van der Waals surface area (Å²) in [6.07, 6.45) is 1.22. The smallest absolute Gasteiger partial charge is 0.271 e. The number of nitrogens with zero attached hydrogens (tertiary/aromatic N) is 2. The van der Waals surface area contributed by atoms with Crippen LogP contribution in [0.3, 0.4) is 0 Å². The van der Waals surface area contributed by atoms with E-state index in [9.17, 15) is 14.9 Å².